The Bertz CT molecular complexity index is 1260. The normalized spacial score (nSPS) is 23.2. The molecule has 4 heterocycles. The molecule has 1 aromatic heterocycles. The van der Waals surface area contributed by atoms with Gasteiger partial charge in [0.05, 0.1) is 17.0 Å². The maximum absolute atomic E-state index is 12.5. The van der Waals surface area contributed by atoms with Crippen LogP contribution in [0.5, 0.6) is 0 Å². The molecule has 2 unspecified atom stereocenters. The molecular weight excluding hydrogens is 516 g/mol. The first kappa shape index (κ1) is 27.6. The van der Waals surface area contributed by atoms with Crippen molar-refractivity contribution in [3.05, 3.63) is 39.6 Å². The van der Waals surface area contributed by atoms with E-state index in [0.717, 1.165) is 48.3 Å². The number of benzene rings is 1. The lowest BCUT2D eigenvalue weighted by atomic mass is 9.80. The van der Waals surface area contributed by atoms with E-state index < -0.39 is 15.9 Å². The van der Waals surface area contributed by atoms with Crippen molar-refractivity contribution in [2.75, 3.05) is 37.2 Å². The molecular formula is C29H42N4O3S2. The van der Waals surface area contributed by atoms with Crippen molar-refractivity contribution >= 4 is 33.0 Å². The van der Waals surface area contributed by atoms with Gasteiger partial charge in [-0.2, -0.15) is 0 Å². The fourth-order valence-electron chi connectivity index (χ4n) is 6.73. The van der Waals surface area contributed by atoms with Crippen LogP contribution in [0.25, 0.3) is 11.1 Å². The summed E-state index contributed by atoms with van der Waals surface area (Å²) in [7, 11) is -3.15. The van der Waals surface area contributed by atoms with Crippen molar-refractivity contribution in [3.63, 3.8) is 0 Å². The number of carbonyl (C=O) groups excluding carboxylic acids is 1. The van der Waals surface area contributed by atoms with Crippen LogP contribution in [0.4, 0.5) is 5.69 Å². The van der Waals surface area contributed by atoms with Gasteiger partial charge in [0.25, 0.3) is 5.91 Å². The molecule has 0 aliphatic carbocycles. The number of likely N-dealkylation sites (tertiary alicyclic amines) is 1. The zero-order valence-corrected chi connectivity index (χ0v) is 24.5. The Balaban J connectivity index is 1.36. The van der Waals surface area contributed by atoms with Crippen molar-refractivity contribution < 1.29 is 13.2 Å². The van der Waals surface area contributed by atoms with Gasteiger partial charge in [0.15, 0.2) is 0 Å². The third kappa shape index (κ3) is 5.67. The summed E-state index contributed by atoms with van der Waals surface area (Å²) in [5, 5.41) is 5.67. The van der Waals surface area contributed by atoms with E-state index in [-0.39, 0.29) is 11.7 Å². The number of hydrogen-bond acceptors (Lipinski definition) is 6. The Morgan fingerprint density at radius 1 is 1.13 bits per heavy atom. The molecule has 2 saturated heterocycles. The fourth-order valence-corrected chi connectivity index (χ4v) is 8.78. The molecule has 0 radical (unpaired) electrons. The van der Waals surface area contributed by atoms with Crippen molar-refractivity contribution in [1.29, 1.82) is 0 Å². The molecule has 2 atom stereocenters. The monoisotopic (exact) mass is 558 g/mol. The highest BCUT2D eigenvalue weighted by Gasteiger charge is 2.36. The molecule has 1 amide bonds. The molecule has 7 nitrogen and oxygen atoms in total. The first-order chi connectivity index (χ1) is 18.2. The maximum Gasteiger partial charge on any atom is 0.250 e. The SMILES string of the molecule is CCS(=O)(=O)N1CCC(C2CNc3c(C(N)=O)cc(-c4csc(CN5CCCC5CC(C)C)c4)cc32)CC1. The summed E-state index contributed by atoms with van der Waals surface area (Å²) in [6.45, 7) is 10.4. The highest BCUT2D eigenvalue weighted by molar-refractivity contribution is 7.89. The average Bonchev–Trinajstić information content (AvgIpc) is 3.64. The Labute approximate surface area is 231 Å². The number of rotatable bonds is 9. The lowest BCUT2D eigenvalue weighted by Gasteiger charge is -2.34. The van der Waals surface area contributed by atoms with Crippen LogP contribution >= 0.6 is 11.3 Å². The zero-order valence-electron chi connectivity index (χ0n) is 22.9. The summed E-state index contributed by atoms with van der Waals surface area (Å²) in [6, 6.07) is 7.14. The van der Waals surface area contributed by atoms with E-state index in [2.05, 4.69) is 41.6 Å². The highest BCUT2D eigenvalue weighted by atomic mass is 32.2. The molecule has 0 spiro atoms. The standard InChI is InChI=1S/C29H42N4O3S2/c1-4-38(35,36)33-10-7-20(8-11-33)27-16-31-28-25(27)14-21(15-26(28)29(30)34)22-13-24(37-18-22)17-32-9-5-6-23(32)12-19(2)3/h13-15,18-20,23,27,31H,4-12,16-17H2,1-3H3,(H2,30,34). The summed E-state index contributed by atoms with van der Waals surface area (Å²) in [5.74, 6) is 1.06. The van der Waals surface area contributed by atoms with Gasteiger partial charge in [0.2, 0.25) is 10.0 Å². The first-order valence-corrected chi connectivity index (χ1v) is 16.7. The van der Waals surface area contributed by atoms with Gasteiger partial charge in [-0.1, -0.05) is 13.8 Å². The van der Waals surface area contributed by atoms with E-state index in [4.69, 9.17) is 5.73 Å². The van der Waals surface area contributed by atoms with Crippen LogP contribution in [0.2, 0.25) is 0 Å². The predicted octanol–water partition coefficient (Wildman–Crippen LogP) is 5.10. The summed E-state index contributed by atoms with van der Waals surface area (Å²) in [5.41, 5.74) is 10.6. The van der Waals surface area contributed by atoms with E-state index in [0.29, 0.717) is 36.5 Å². The van der Waals surface area contributed by atoms with Crippen LogP contribution in [0.1, 0.15) is 79.6 Å². The summed E-state index contributed by atoms with van der Waals surface area (Å²) in [4.78, 5) is 16.5. The first-order valence-electron chi connectivity index (χ1n) is 14.2. The van der Waals surface area contributed by atoms with Crippen LogP contribution in [0.15, 0.2) is 23.6 Å². The van der Waals surface area contributed by atoms with Gasteiger partial charge >= 0.3 is 0 Å². The van der Waals surface area contributed by atoms with E-state index in [9.17, 15) is 13.2 Å². The molecule has 3 aliphatic rings. The number of nitrogens with two attached hydrogens (primary N) is 1. The average molecular weight is 559 g/mol. The Hall–Kier alpha value is -1.94. The number of hydrogen-bond donors (Lipinski definition) is 2. The second-order valence-electron chi connectivity index (χ2n) is 11.7. The molecule has 1 aromatic carbocycles. The second kappa shape index (κ2) is 11.3. The Morgan fingerprint density at radius 3 is 2.58 bits per heavy atom. The fraction of sp³-hybridized carbons (Fsp3) is 0.621. The smallest absolute Gasteiger partial charge is 0.250 e. The Morgan fingerprint density at radius 2 is 1.89 bits per heavy atom. The number of piperidine rings is 1. The van der Waals surface area contributed by atoms with Gasteiger partial charge in [-0.05, 0) is 97.7 Å². The molecule has 9 heteroatoms. The third-order valence-electron chi connectivity index (χ3n) is 8.75. The highest BCUT2D eigenvalue weighted by Crippen LogP contribution is 2.44. The summed E-state index contributed by atoms with van der Waals surface area (Å²) in [6.07, 6.45) is 5.48. The predicted molar refractivity (Wildman–Crippen MR) is 156 cm³/mol. The van der Waals surface area contributed by atoms with Crippen molar-refractivity contribution in [1.82, 2.24) is 9.21 Å². The van der Waals surface area contributed by atoms with Crippen LogP contribution in [0, 0.1) is 11.8 Å². The number of sulfonamides is 1. The molecule has 3 aliphatic heterocycles. The topological polar surface area (TPSA) is 95.7 Å². The largest absolute Gasteiger partial charge is 0.384 e. The molecule has 5 rings (SSSR count). The van der Waals surface area contributed by atoms with E-state index >= 15 is 0 Å². The summed E-state index contributed by atoms with van der Waals surface area (Å²) < 4.78 is 26.3. The zero-order chi connectivity index (χ0) is 27.0. The minimum atomic E-state index is -3.15. The van der Waals surface area contributed by atoms with Gasteiger partial charge in [-0.25, -0.2) is 12.7 Å². The van der Waals surface area contributed by atoms with Gasteiger partial charge in [0, 0.05) is 43.0 Å². The Kier molecular flexibility index (Phi) is 8.20. The molecule has 0 saturated carbocycles. The number of nitrogens with one attached hydrogen (secondary N) is 1. The molecule has 3 N–H and O–H groups in total. The van der Waals surface area contributed by atoms with Crippen LogP contribution in [0.3, 0.4) is 0 Å². The van der Waals surface area contributed by atoms with Crippen LogP contribution in [-0.2, 0) is 16.6 Å². The number of primary amides is 1. The number of anilines is 1. The minimum absolute atomic E-state index is 0.148. The minimum Gasteiger partial charge on any atom is -0.384 e. The summed E-state index contributed by atoms with van der Waals surface area (Å²) >= 11 is 1.80. The number of carbonyl (C=O) groups is 1. The number of fused-ring (bicyclic) bond motifs is 1. The van der Waals surface area contributed by atoms with E-state index in [1.165, 1.54) is 30.7 Å². The third-order valence-corrected chi connectivity index (χ3v) is 11.5. The quantitative estimate of drug-likeness (QED) is 0.447. The van der Waals surface area contributed by atoms with Crippen LogP contribution < -0.4 is 11.1 Å². The second-order valence-corrected chi connectivity index (χ2v) is 14.9. The lowest BCUT2D eigenvalue weighted by Crippen LogP contribution is -2.40. The molecule has 208 valence electrons. The number of amides is 1. The molecule has 0 bridgehead atoms. The molecule has 2 aromatic rings. The van der Waals surface area contributed by atoms with Crippen molar-refractivity contribution in [3.8, 4) is 11.1 Å². The van der Waals surface area contributed by atoms with Gasteiger partial charge in [-0.15, -0.1) is 11.3 Å². The molecule has 2 fully saturated rings. The van der Waals surface area contributed by atoms with Gasteiger partial charge in [-0.3, -0.25) is 9.69 Å². The van der Waals surface area contributed by atoms with Gasteiger partial charge in [0.1, 0.15) is 0 Å². The van der Waals surface area contributed by atoms with Crippen LogP contribution in [-0.4, -0.2) is 61.5 Å². The lowest BCUT2D eigenvalue weighted by molar-refractivity contribution is 0.100. The maximum atomic E-state index is 12.5. The van der Waals surface area contributed by atoms with E-state index in [1.807, 2.05) is 6.07 Å². The van der Waals surface area contributed by atoms with E-state index in [1.54, 1.807) is 22.6 Å². The number of thiophene rings is 1. The number of nitrogens with zero attached hydrogens (tertiary/aromatic N) is 2. The van der Waals surface area contributed by atoms with Crippen molar-refractivity contribution in [2.24, 2.45) is 17.6 Å². The van der Waals surface area contributed by atoms with Gasteiger partial charge < -0.3 is 11.1 Å². The molecule has 38 heavy (non-hydrogen) atoms. The van der Waals surface area contributed by atoms with Crippen molar-refractivity contribution in [2.45, 2.75) is 71.4 Å².